The van der Waals surface area contributed by atoms with E-state index >= 15 is 0 Å². The molecular formula is C14H19NO2. The monoisotopic (exact) mass is 233 g/mol. The summed E-state index contributed by atoms with van der Waals surface area (Å²) in [6.07, 6.45) is 0.942. The number of hydrogen-bond acceptors (Lipinski definition) is 3. The molecule has 1 aromatic carbocycles. The van der Waals surface area contributed by atoms with Crippen molar-refractivity contribution in [3.63, 3.8) is 0 Å². The molecule has 0 aromatic heterocycles. The Morgan fingerprint density at radius 3 is 2.29 bits per heavy atom. The van der Waals surface area contributed by atoms with Crippen LogP contribution >= 0.6 is 0 Å². The smallest absolute Gasteiger partial charge is 0.161 e. The third-order valence-corrected chi connectivity index (χ3v) is 4.16. The fourth-order valence-electron chi connectivity index (χ4n) is 2.80. The number of benzene rings is 1. The van der Waals surface area contributed by atoms with Crippen molar-refractivity contribution in [1.29, 1.82) is 0 Å². The summed E-state index contributed by atoms with van der Waals surface area (Å²) < 4.78 is 11.4. The number of ether oxygens (including phenoxy) is 2. The summed E-state index contributed by atoms with van der Waals surface area (Å²) in [6, 6.07) is 4.34. The Morgan fingerprint density at radius 2 is 1.65 bits per heavy atom. The third kappa shape index (κ3) is 1.61. The predicted molar refractivity (Wildman–Crippen MR) is 66.6 cm³/mol. The van der Waals surface area contributed by atoms with E-state index in [9.17, 15) is 0 Å². The fraction of sp³-hybridized carbons (Fsp3) is 0.571. The van der Waals surface area contributed by atoms with Crippen LogP contribution in [0.2, 0.25) is 0 Å². The molecule has 3 heteroatoms. The van der Waals surface area contributed by atoms with Gasteiger partial charge in [0.15, 0.2) is 11.5 Å². The van der Waals surface area contributed by atoms with Gasteiger partial charge in [0, 0.05) is 12.5 Å². The van der Waals surface area contributed by atoms with E-state index in [1.807, 2.05) is 0 Å². The van der Waals surface area contributed by atoms with Crippen LogP contribution in [-0.2, 0) is 0 Å². The Morgan fingerprint density at radius 1 is 1.06 bits per heavy atom. The van der Waals surface area contributed by atoms with Gasteiger partial charge in [0.2, 0.25) is 0 Å². The van der Waals surface area contributed by atoms with E-state index in [0.29, 0.717) is 11.8 Å². The molecule has 3 unspecified atom stereocenters. The minimum atomic E-state index is 0.122. The maximum Gasteiger partial charge on any atom is 0.161 e. The van der Waals surface area contributed by atoms with Crippen LogP contribution in [0.4, 0.5) is 0 Å². The van der Waals surface area contributed by atoms with E-state index in [2.05, 4.69) is 26.0 Å². The molecule has 2 N–H and O–H groups in total. The zero-order valence-corrected chi connectivity index (χ0v) is 10.4. The lowest BCUT2D eigenvalue weighted by Crippen LogP contribution is -2.15. The summed E-state index contributed by atoms with van der Waals surface area (Å²) in [5.41, 5.74) is 8.81. The van der Waals surface area contributed by atoms with Gasteiger partial charge in [-0.1, -0.05) is 13.8 Å². The number of rotatable bonds is 0. The molecule has 92 valence electrons. The lowest BCUT2D eigenvalue weighted by atomic mass is 9.95. The number of hydrogen-bond donors (Lipinski definition) is 1. The van der Waals surface area contributed by atoms with Crippen LogP contribution in [-0.4, -0.2) is 13.2 Å². The standard InChI is InChI=1S/C14H19NO2/c1-8-9(2)14(15)11-7-13-12(6-10(8)11)16-4-3-5-17-13/h6-9,14H,3-5,15H2,1-2H3. The van der Waals surface area contributed by atoms with Crippen LogP contribution in [0.15, 0.2) is 12.1 Å². The molecule has 1 aliphatic heterocycles. The number of nitrogens with two attached hydrogens (primary N) is 1. The van der Waals surface area contributed by atoms with Crippen LogP contribution in [0.25, 0.3) is 0 Å². The van der Waals surface area contributed by atoms with E-state index in [4.69, 9.17) is 15.2 Å². The van der Waals surface area contributed by atoms with Crippen LogP contribution in [0.5, 0.6) is 11.5 Å². The molecule has 0 amide bonds. The molecule has 0 spiro atoms. The Bertz CT molecular complexity index is 405. The van der Waals surface area contributed by atoms with Gasteiger partial charge in [-0.25, -0.2) is 0 Å². The molecule has 1 aliphatic carbocycles. The summed E-state index contributed by atoms with van der Waals surface area (Å²) >= 11 is 0. The average Bonchev–Trinajstić information content (AvgIpc) is 2.55. The summed E-state index contributed by atoms with van der Waals surface area (Å²) in [4.78, 5) is 0. The molecule has 3 nitrogen and oxygen atoms in total. The summed E-state index contributed by atoms with van der Waals surface area (Å²) in [5.74, 6) is 2.72. The van der Waals surface area contributed by atoms with Crippen LogP contribution < -0.4 is 15.2 Å². The Kier molecular flexibility index (Phi) is 2.51. The minimum Gasteiger partial charge on any atom is -0.490 e. The second kappa shape index (κ2) is 3.91. The van der Waals surface area contributed by atoms with Gasteiger partial charge in [0.05, 0.1) is 13.2 Å². The molecule has 0 saturated carbocycles. The number of fused-ring (bicyclic) bond motifs is 2. The molecule has 1 heterocycles. The molecule has 1 aromatic rings. The van der Waals surface area contributed by atoms with Gasteiger partial charge in [-0.2, -0.15) is 0 Å². The Hall–Kier alpha value is -1.22. The quantitative estimate of drug-likeness (QED) is 0.749. The van der Waals surface area contributed by atoms with Gasteiger partial charge in [-0.05, 0) is 35.1 Å². The fourth-order valence-corrected chi connectivity index (χ4v) is 2.80. The molecule has 0 saturated heterocycles. The van der Waals surface area contributed by atoms with Crippen LogP contribution in [0.3, 0.4) is 0 Å². The Labute approximate surface area is 102 Å². The molecule has 0 fully saturated rings. The summed E-state index contributed by atoms with van der Waals surface area (Å²) in [5, 5.41) is 0. The molecule has 3 atom stereocenters. The second-order valence-corrected chi connectivity index (χ2v) is 5.15. The van der Waals surface area contributed by atoms with Crippen molar-refractivity contribution in [2.24, 2.45) is 11.7 Å². The van der Waals surface area contributed by atoms with Gasteiger partial charge in [0.1, 0.15) is 0 Å². The van der Waals surface area contributed by atoms with Crippen molar-refractivity contribution in [2.75, 3.05) is 13.2 Å². The van der Waals surface area contributed by atoms with Crippen molar-refractivity contribution in [1.82, 2.24) is 0 Å². The van der Waals surface area contributed by atoms with Crippen LogP contribution in [0, 0.1) is 5.92 Å². The zero-order chi connectivity index (χ0) is 12.0. The van der Waals surface area contributed by atoms with Crippen LogP contribution in [0.1, 0.15) is 43.4 Å². The summed E-state index contributed by atoms with van der Waals surface area (Å²) in [6.45, 7) is 5.91. The highest BCUT2D eigenvalue weighted by molar-refractivity contribution is 5.52. The highest BCUT2D eigenvalue weighted by Crippen LogP contribution is 2.47. The van der Waals surface area contributed by atoms with Gasteiger partial charge in [-0.3, -0.25) is 0 Å². The SMILES string of the molecule is CC1c2cc3c(cc2C(N)C1C)OCCCO3. The normalized spacial score (nSPS) is 30.9. The molecule has 0 bridgehead atoms. The first-order valence-corrected chi connectivity index (χ1v) is 6.37. The Balaban J connectivity index is 2.09. The third-order valence-electron chi connectivity index (χ3n) is 4.16. The van der Waals surface area contributed by atoms with E-state index in [1.54, 1.807) is 0 Å². The largest absolute Gasteiger partial charge is 0.490 e. The van der Waals surface area contributed by atoms with Gasteiger partial charge >= 0.3 is 0 Å². The zero-order valence-electron chi connectivity index (χ0n) is 10.4. The molecule has 17 heavy (non-hydrogen) atoms. The maximum absolute atomic E-state index is 6.26. The van der Waals surface area contributed by atoms with E-state index in [1.165, 1.54) is 11.1 Å². The van der Waals surface area contributed by atoms with E-state index < -0.39 is 0 Å². The first-order chi connectivity index (χ1) is 8.18. The first kappa shape index (κ1) is 10.9. The van der Waals surface area contributed by atoms with E-state index in [0.717, 1.165) is 31.1 Å². The van der Waals surface area contributed by atoms with Gasteiger partial charge in [-0.15, -0.1) is 0 Å². The molecule has 2 aliphatic rings. The topological polar surface area (TPSA) is 44.5 Å². The lowest BCUT2D eigenvalue weighted by molar-refractivity contribution is 0.296. The first-order valence-electron chi connectivity index (χ1n) is 6.37. The lowest BCUT2D eigenvalue weighted by Gasteiger charge is -2.13. The molecule has 0 radical (unpaired) electrons. The second-order valence-electron chi connectivity index (χ2n) is 5.15. The van der Waals surface area contributed by atoms with E-state index in [-0.39, 0.29) is 6.04 Å². The van der Waals surface area contributed by atoms with Crippen molar-refractivity contribution in [3.05, 3.63) is 23.3 Å². The van der Waals surface area contributed by atoms with Crippen molar-refractivity contribution < 1.29 is 9.47 Å². The van der Waals surface area contributed by atoms with Gasteiger partial charge < -0.3 is 15.2 Å². The highest BCUT2D eigenvalue weighted by Gasteiger charge is 2.34. The van der Waals surface area contributed by atoms with Gasteiger partial charge in [0.25, 0.3) is 0 Å². The summed E-state index contributed by atoms with van der Waals surface area (Å²) in [7, 11) is 0. The molecule has 3 rings (SSSR count). The highest BCUT2D eigenvalue weighted by atomic mass is 16.5. The maximum atomic E-state index is 6.26. The molecular weight excluding hydrogens is 214 g/mol. The van der Waals surface area contributed by atoms with Crippen molar-refractivity contribution in [3.8, 4) is 11.5 Å². The average molecular weight is 233 g/mol. The van der Waals surface area contributed by atoms with Crippen molar-refractivity contribution >= 4 is 0 Å². The minimum absolute atomic E-state index is 0.122. The predicted octanol–water partition coefficient (Wildman–Crippen LogP) is 2.60. The van der Waals surface area contributed by atoms with Crippen molar-refractivity contribution in [2.45, 2.75) is 32.2 Å².